The summed E-state index contributed by atoms with van der Waals surface area (Å²) in [4.78, 5) is 2.56. The second-order valence-electron chi connectivity index (χ2n) is 5.46. The lowest BCUT2D eigenvalue weighted by Crippen LogP contribution is -2.39. The van der Waals surface area contributed by atoms with Crippen LogP contribution in [0.4, 0.5) is 0 Å². The van der Waals surface area contributed by atoms with Gasteiger partial charge in [-0.1, -0.05) is 41.9 Å². The quantitative estimate of drug-likeness (QED) is 0.921. The summed E-state index contributed by atoms with van der Waals surface area (Å²) in [7, 11) is 0. The van der Waals surface area contributed by atoms with Crippen LogP contribution < -0.4 is 5.73 Å². The van der Waals surface area contributed by atoms with E-state index in [0.29, 0.717) is 6.04 Å². The van der Waals surface area contributed by atoms with E-state index in [9.17, 15) is 0 Å². The molecule has 0 saturated carbocycles. The van der Waals surface area contributed by atoms with Crippen molar-refractivity contribution in [2.24, 2.45) is 11.7 Å². The van der Waals surface area contributed by atoms with E-state index in [1.807, 2.05) is 0 Å². The van der Waals surface area contributed by atoms with E-state index in [1.54, 1.807) is 0 Å². The van der Waals surface area contributed by atoms with Gasteiger partial charge in [0.25, 0.3) is 0 Å². The number of hydrogen-bond acceptors (Lipinski definition) is 2. The van der Waals surface area contributed by atoms with Gasteiger partial charge in [0.05, 0.1) is 0 Å². The molecule has 0 bridgehead atoms. The van der Waals surface area contributed by atoms with E-state index >= 15 is 0 Å². The van der Waals surface area contributed by atoms with Crippen LogP contribution in [-0.4, -0.2) is 24.0 Å². The Balaban J connectivity index is 2.22. The normalized spacial score (nSPS) is 24.1. The average Bonchev–Trinajstić information content (AvgIpc) is 2.78. The number of nitrogens with zero attached hydrogens (tertiary/aromatic N) is 1. The molecule has 1 aromatic carbocycles. The molecule has 1 aromatic rings. The van der Waals surface area contributed by atoms with Crippen LogP contribution in [0, 0.1) is 5.92 Å². The minimum absolute atomic E-state index is 0.219. The van der Waals surface area contributed by atoms with Crippen molar-refractivity contribution in [3.8, 4) is 0 Å². The van der Waals surface area contributed by atoms with Crippen LogP contribution in [0.3, 0.4) is 0 Å². The van der Waals surface area contributed by atoms with Crippen molar-refractivity contribution in [1.82, 2.24) is 4.90 Å². The molecule has 3 atom stereocenters. The van der Waals surface area contributed by atoms with E-state index < -0.39 is 0 Å². The van der Waals surface area contributed by atoms with Crippen LogP contribution in [0.25, 0.3) is 0 Å². The first-order valence-electron chi connectivity index (χ1n) is 6.87. The van der Waals surface area contributed by atoms with Gasteiger partial charge in [-0.15, -0.1) is 0 Å². The lowest BCUT2D eigenvalue weighted by Gasteiger charge is -2.32. The highest BCUT2D eigenvalue weighted by molar-refractivity contribution is 9.10. The first kappa shape index (κ1) is 14.0. The molecule has 1 aliphatic heterocycles. The molecule has 100 valence electrons. The molecule has 18 heavy (non-hydrogen) atoms. The molecule has 2 N–H and O–H groups in total. The molecule has 0 aromatic heterocycles. The Hall–Kier alpha value is -0.380. The Morgan fingerprint density at radius 2 is 2.06 bits per heavy atom. The number of nitrogens with two attached hydrogens (primary N) is 1. The summed E-state index contributed by atoms with van der Waals surface area (Å²) in [6.45, 7) is 6.86. The highest BCUT2D eigenvalue weighted by Crippen LogP contribution is 2.31. The fourth-order valence-electron chi connectivity index (χ4n) is 2.83. The molecule has 0 radical (unpaired) electrons. The fraction of sp³-hybridized carbons (Fsp3) is 0.600. The maximum Gasteiger partial charge on any atom is 0.0499 e. The SMILES string of the molecule is CCC(N)C(c1ccc(Br)cc1)N1CCC(C)C1. The van der Waals surface area contributed by atoms with Crippen molar-refractivity contribution in [2.75, 3.05) is 13.1 Å². The van der Waals surface area contributed by atoms with Crippen molar-refractivity contribution >= 4 is 15.9 Å². The van der Waals surface area contributed by atoms with Gasteiger partial charge in [0.15, 0.2) is 0 Å². The third-order valence-electron chi connectivity index (χ3n) is 3.94. The molecule has 2 rings (SSSR count). The summed E-state index contributed by atoms with van der Waals surface area (Å²) in [5, 5.41) is 0. The molecular formula is C15H23BrN2. The first-order valence-corrected chi connectivity index (χ1v) is 7.66. The highest BCUT2D eigenvalue weighted by Gasteiger charge is 2.30. The number of benzene rings is 1. The molecule has 1 saturated heterocycles. The summed E-state index contributed by atoms with van der Waals surface area (Å²) < 4.78 is 1.13. The zero-order chi connectivity index (χ0) is 13.1. The highest BCUT2D eigenvalue weighted by atomic mass is 79.9. The van der Waals surface area contributed by atoms with Crippen LogP contribution in [0.5, 0.6) is 0 Å². The standard InChI is InChI=1S/C15H23BrN2/c1-3-14(17)15(18-9-8-11(2)10-18)12-4-6-13(16)7-5-12/h4-7,11,14-15H,3,8-10,17H2,1-2H3. The predicted octanol–water partition coefficient (Wildman–Crippen LogP) is 3.57. The van der Waals surface area contributed by atoms with Crippen molar-refractivity contribution in [3.05, 3.63) is 34.3 Å². The molecule has 0 aliphatic carbocycles. The Morgan fingerprint density at radius 3 is 2.56 bits per heavy atom. The second-order valence-corrected chi connectivity index (χ2v) is 6.37. The minimum Gasteiger partial charge on any atom is -0.326 e. The summed E-state index contributed by atoms with van der Waals surface area (Å²) >= 11 is 3.50. The predicted molar refractivity (Wildman–Crippen MR) is 80.5 cm³/mol. The molecule has 3 unspecified atom stereocenters. The Morgan fingerprint density at radius 1 is 1.39 bits per heavy atom. The van der Waals surface area contributed by atoms with Crippen LogP contribution in [0.1, 0.15) is 38.3 Å². The zero-order valence-corrected chi connectivity index (χ0v) is 12.9. The van der Waals surface area contributed by atoms with Crippen LogP contribution in [0.2, 0.25) is 0 Å². The van der Waals surface area contributed by atoms with Gasteiger partial charge in [0.1, 0.15) is 0 Å². The lowest BCUT2D eigenvalue weighted by molar-refractivity contribution is 0.203. The van der Waals surface area contributed by atoms with Gasteiger partial charge in [0.2, 0.25) is 0 Å². The Kier molecular flexibility index (Phi) is 4.82. The molecule has 2 nitrogen and oxygen atoms in total. The minimum atomic E-state index is 0.219. The van der Waals surface area contributed by atoms with Crippen molar-refractivity contribution in [2.45, 2.75) is 38.8 Å². The number of likely N-dealkylation sites (tertiary alicyclic amines) is 1. The van der Waals surface area contributed by atoms with E-state index in [1.165, 1.54) is 25.1 Å². The van der Waals surface area contributed by atoms with Gasteiger partial charge in [-0.3, -0.25) is 4.90 Å². The molecule has 3 heteroatoms. The summed E-state index contributed by atoms with van der Waals surface area (Å²) in [5.74, 6) is 0.798. The zero-order valence-electron chi connectivity index (χ0n) is 11.3. The Labute approximate surface area is 119 Å². The molecular weight excluding hydrogens is 288 g/mol. The maximum atomic E-state index is 6.36. The summed E-state index contributed by atoms with van der Waals surface area (Å²) in [6.07, 6.45) is 2.31. The topological polar surface area (TPSA) is 29.3 Å². The summed E-state index contributed by atoms with van der Waals surface area (Å²) in [5.41, 5.74) is 7.71. The molecule has 0 spiro atoms. The third-order valence-corrected chi connectivity index (χ3v) is 4.47. The molecule has 1 heterocycles. The number of hydrogen-bond donors (Lipinski definition) is 1. The van der Waals surface area contributed by atoms with Gasteiger partial charge in [0, 0.05) is 23.1 Å². The first-order chi connectivity index (χ1) is 8.61. The van der Waals surface area contributed by atoms with Crippen LogP contribution in [-0.2, 0) is 0 Å². The van der Waals surface area contributed by atoms with Gasteiger partial charge >= 0.3 is 0 Å². The molecule has 1 aliphatic rings. The number of halogens is 1. The number of rotatable bonds is 4. The maximum absolute atomic E-state index is 6.36. The Bertz CT molecular complexity index is 377. The van der Waals surface area contributed by atoms with E-state index in [4.69, 9.17) is 5.73 Å². The van der Waals surface area contributed by atoms with Crippen molar-refractivity contribution in [1.29, 1.82) is 0 Å². The fourth-order valence-corrected chi connectivity index (χ4v) is 3.10. The largest absolute Gasteiger partial charge is 0.326 e. The van der Waals surface area contributed by atoms with Gasteiger partial charge in [-0.05, 0) is 43.0 Å². The summed E-state index contributed by atoms with van der Waals surface area (Å²) in [6, 6.07) is 9.22. The van der Waals surface area contributed by atoms with Gasteiger partial charge in [-0.25, -0.2) is 0 Å². The third kappa shape index (κ3) is 3.14. The van der Waals surface area contributed by atoms with E-state index in [2.05, 4.69) is 58.9 Å². The molecule has 0 amide bonds. The smallest absolute Gasteiger partial charge is 0.0499 e. The van der Waals surface area contributed by atoms with Gasteiger partial charge in [-0.2, -0.15) is 0 Å². The van der Waals surface area contributed by atoms with Gasteiger partial charge < -0.3 is 5.73 Å². The van der Waals surface area contributed by atoms with E-state index in [-0.39, 0.29) is 6.04 Å². The van der Waals surface area contributed by atoms with Crippen LogP contribution >= 0.6 is 15.9 Å². The lowest BCUT2D eigenvalue weighted by atomic mass is 9.96. The van der Waals surface area contributed by atoms with E-state index in [0.717, 1.165) is 16.8 Å². The second kappa shape index (κ2) is 6.18. The van der Waals surface area contributed by atoms with Crippen LogP contribution in [0.15, 0.2) is 28.7 Å². The molecule has 1 fully saturated rings. The van der Waals surface area contributed by atoms with Crippen molar-refractivity contribution < 1.29 is 0 Å². The monoisotopic (exact) mass is 310 g/mol. The average molecular weight is 311 g/mol. The van der Waals surface area contributed by atoms with Crippen molar-refractivity contribution in [3.63, 3.8) is 0 Å².